The molecule has 0 aliphatic carbocycles. The molecule has 0 aromatic heterocycles. The number of hydrogen-bond donors (Lipinski definition) is 0. The van der Waals surface area contributed by atoms with Crippen molar-refractivity contribution < 1.29 is 32.5 Å². The van der Waals surface area contributed by atoms with Gasteiger partial charge in [-0.05, 0) is 18.2 Å². The number of alkyl halides is 3. The molecule has 4 nitrogen and oxygen atoms in total. The number of hydrogen-bond acceptors (Lipinski definition) is 4. The lowest BCUT2D eigenvalue weighted by atomic mass is 10.2. The summed E-state index contributed by atoms with van der Waals surface area (Å²) in [4.78, 5) is 10.6. The Balaban J connectivity index is 3.11. The highest BCUT2D eigenvalue weighted by Gasteiger charge is 2.31. The molecule has 0 atom stereocenters. The lowest BCUT2D eigenvalue weighted by Crippen LogP contribution is -2.23. The average molecular weight is 245 g/mol. The van der Waals surface area contributed by atoms with Gasteiger partial charge in [0.1, 0.15) is 17.6 Å². The monoisotopic (exact) mass is 245 g/mol. The molecule has 17 heavy (non-hydrogen) atoms. The predicted octanol–water partition coefficient (Wildman–Crippen LogP) is 0.918. The molecule has 0 saturated carbocycles. The molecule has 1 rings (SSSR count). The van der Waals surface area contributed by atoms with E-state index in [1.54, 1.807) is 6.11 Å². The minimum absolute atomic E-state index is 0.304. The number of halogens is 3. The number of carbonyl (C=O) groups is 1. The van der Waals surface area contributed by atoms with Crippen LogP contribution in [-0.4, -0.2) is 12.3 Å². The van der Waals surface area contributed by atoms with E-state index in [4.69, 9.17) is 6.42 Å². The third-order valence-corrected chi connectivity index (χ3v) is 1.57. The summed E-state index contributed by atoms with van der Waals surface area (Å²) in [5.74, 6) is -2.74. The summed E-state index contributed by atoms with van der Waals surface area (Å²) in [6.45, 7) is 0. The van der Waals surface area contributed by atoms with Crippen LogP contribution in [0.4, 0.5) is 13.2 Å². The van der Waals surface area contributed by atoms with Gasteiger partial charge in [-0.2, -0.15) is 0 Å². The number of aromatic carboxylic acids is 1. The van der Waals surface area contributed by atoms with Crippen LogP contribution in [-0.2, 0) is 0 Å². The van der Waals surface area contributed by atoms with Crippen LogP contribution in [0, 0.1) is 12.5 Å². The van der Waals surface area contributed by atoms with Gasteiger partial charge < -0.3 is 19.4 Å². The molecule has 1 aromatic carbocycles. The minimum Gasteiger partial charge on any atom is -0.545 e. The molecule has 0 saturated heterocycles. The lowest BCUT2D eigenvalue weighted by molar-refractivity contribution is -0.275. The van der Waals surface area contributed by atoms with Crippen LogP contribution in [0.3, 0.4) is 0 Å². The maximum absolute atomic E-state index is 11.9. The molecule has 0 radical (unpaired) electrons. The van der Waals surface area contributed by atoms with Crippen molar-refractivity contribution in [3.8, 4) is 24.0 Å². The van der Waals surface area contributed by atoms with Gasteiger partial charge in [0.15, 0.2) is 0 Å². The largest absolute Gasteiger partial charge is 0.573 e. The van der Waals surface area contributed by atoms with Crippen molar-refractivity contribution in [2.24, 2.45) is 0 Å². The molecule has 0 fully saturated rings. The van der Waals surface area contributed by atoms with Gasteiger partial charge in [0, 0.05) is 5.56 Å². The van der Waals surface area contributed by atoms with Crippen LogP contribution < -0.4 is 14.6 Å². The molecule has 0 spiro atoms. The number of terminal acetylenes is 1. The molecule has 1 aromatic rings. The molecule has 0 unspecified atom stereocenters. The van der Waals surface area contributed by atoms with Crippen molar-refractivity contribution in [2.75, 3.05) is 0 Å². The first-order valence-corrected chi connectivity index (χ1v) is 4.07. The fraction of sp³-hybridized carbons (Fsp3) is 0.100. The summed E-state index contributed by atoms with van der Waals surface area (Å²) in [7, 11) is 0. The number of carbonyl (C=O) groups excluding carboxylic acids is 1. The third-order valence-electron chi connectivity index (χ3n) is 1.57. The summed E-state index contributed by atoms with van der Waals surface area (Å²) in [6, 6.07) is 2.41. The second-order valence-corrected chi connectivity index (χ2v) is 2.71. The van der Waals surface area contributed by atoms with Crippen molar-refractivity contribution in [1.82, 2.24) is 0 Å². The standard InChI is InChI=1S/C10H5F3O4/c1-2-16-8-4-3-6(17-10(11,12)13)5-7(8)9(14)15/h1,3-5H,(H,14,15)/p-1. The number of rotatable bonds is 3. The first-order chi connectivity index (χ1) is 7.83. The van der Waals surface area contributed by atoms with E-state index in [1.165, 1.54) is 0 Å². The Morgan fingerprint density at radius 3 is 2.53 bits per heavy atom. The summed E-state index contributed by atoms with van der Waals surface area (Å²) in [6.07, 6.45) is 1.55. The molecule has 90 valence electrons. The van der Waals surface area contributed by atoms with E-state index in [9.17, 15) is 23.1 Å². The van der Waals surface area contributed by atoms with Crippen LogP contribution >= 0.6 is 0 Å². The van der Waals surface area contributed by atoms with Crippen LogP contribution in [0.25, 0.3) is 0 Å². The molecule has 0 amide bonds. The first-order valence-electron chi connectivity index (χ1n) is 4.07. The normalized spacial score (nSPS) is 10.5. The number of benzene rings is 1. The Morgan fingerprint density at radius 2 is 2.06 bits per heavy atom. The SMILES string of the molecule is C#COc1ccc(OC(F)(F)F)cc1C(=O)[O-]. The molecule has 0 heterocycles. The maximum Gasteiger partial charge on any atom is 0.573 e. The second kappa shape index (κ2) is 4.65. The molecule has 0 aliphatic heterocycles. The van der Waals surface area contributed by atoms with E-state index < -0.39 is 23.6 Å². The van der Waals surface area contributed by atoms with E-state index in [1.807, 2.05) is 0 Å². The van der Waals surface area contributed by atoms with Gasteiger partial charge in [0.25, 0.3) is 0 Å². The van der Waals surface area contributed by atoms with Gasteiger partial charge in [-0.15, -0.1) is 13.2 Å². The zero-order valence-corrected chi connectivity index (χ0v) is 8.08. The van der Waals surface area contributed by atoms with Crippen molar-refractivity contribution in [3.05, 3.63) is 23.8 Å². The van der Waals surface area contributed by atoms with E-state index in [-0.39, 0.29) is 5.75 Å². The van der Waals surface area contributed by atoms with E-state index >= 15 is 0 Å². The molecular formula is C10H4F3O4-. The average Bonchev–Trinajstić information content (AvgIpc) is 2.18. The van der Waals surface area contributed by atoms with Crippen LogP contribution in [0.1, 0.15) is 10.4 Å². The van der Waals surface area contributed by atoms with Crippen LogP contribution in [0.5, 0.6) is 11.5 Å². The topological polar surface area (TPSA) is 58.6 Å². The molecular weight excluding hydrogens is 241 g/mol. The molecule has 0 bridgehead atoms. The highest BCUT2D eigenvalue weighted by atomic mass is 19.4. The lowest BCUT2D eigenvalue weighted by Gasteiger charge is -2.12. The van der Waals surface area contributed by atoms with Gasteiger partial charge in [-0.25, -0.2) is 0 Å². The first kappa shape index (κ1) is 12.7. The Morgan fingerprint density at radius 1 is 1.41 bits per heavy atom. The molecule has 7 heteroatoms. The highest BCUT2D eigenvalue weighted by Crippen LogP contribution is 2.28. The number of carboxylic acids is 1. The van der Waals surface area contributed by atoms with E-state index in [0.717, 1.165) is 12.1 Å². The van der Waals surface area contributed by atoms with Crippen molar-refractivity contribution in [2.45, 2.75) is 6.36 Å². The van der Waals surface area contributed by atoms with Crippen molar-refractivity contribution in [1.29, 1.82) is 0 Å². The number of carboxylic acid groups (broad SMARTS) is 1. The van der Waals surface area contributed by atoms with E-state index in [2.05, 4.69) is 9.47 Å². The van der Waals surface area contributed by atoms with Gasteiger partial charge in [-0.3, -0.25) is 0 Å². The Kier molecular flexibility index (Phi) is 3.48. The van der Waals surface area contributed by atoms with Gasteiger partial charge in [-0.1, -0.05) is 6.42 Å². The fourth-order valence-corrected chi connectivity index (χ4v) is 1.02. The third kappa shape index (κ3) is 3.61. The summed E-state index contributed by atoms with van der Waals surface area (Å²) < 4.78 is 43.6. The molecule has 0 N–H and O–H groups in total. The van der Waals surface area contributed by atoms with Crippen molar-refractivity contribution >= 4 is 5.97 Å². The van der Waals surface area contributed by atoms with Gasteiger partial charge in [0.05, 0.1) is 5.97 Å². The Hall–Kier alpha value is -2.36. The zero-order valence-electron chi connectivity index (χ0n) is 8.08. The quantitative estimate of drug-likeness (QED) is 0.743. The molecule has 0 aliphatic rings. The summed E-state index contributed by atoms with van der Waals surface area (Å²) in [5.41, 5.74) is -0.635. The zero-order chi connectivity index (χ0) is 13.1. The van der Waals surface area contributed by atoms with Crippen LogP contribution in [0.15, 0.2) is 18.2 Å². The highest BCUT2D eigenvalue weighted by molar-refractivity contribution is 5.89. The Labute approximate surface area is 93.6 Å². The van der Waals surface area contributed by atoms with Crippen LogP contribution in [0.2, 0.25) is 0 Å². The van der Waals surface area contributed by atoms with Gasteiger partial charge >= 0.3 is 6.36 Å². The smallest absolute Gasteiger partial charge is 0.545 e. The second-order valence-electron chi connectivity index (χ2n) is 2.71. The fourth-order valence-electron chi connectivity index (χ4n) is 1.02. The van der Waals surface area contributed by atoms with Gasteiger partial charge in [0.2, 0.25) is 0 Å². The predicted molar refractivity (Wildman–Crippen MR) is 46.9 cm³/mol. The number of ether oxygens (including phenoxy) is 2. The minimum atomic E-state index is -4.92. The summed E-state index contributed by atoms with van der Waals surface area (Å²) >= 11 is 0. The maximum atomic E-state index is 11.9. The Bertz CT molecular complexity index is 473. The van der Waals surface area contributed by atoms with Crippen molar-refractivity contribution in [3.63, 3.8) is 0 Å². The van der Waals surface area contributed by atoms with E-state index in [0.29, 0.717) is 6.07 Å². The summed E-state index contributed by atoms with van der Waals surface area (Å²) in [5, 5.41) is 10.6.